The SMILES string of the molecule is Cc1cc(C)cc(C(C)N[C@@H](C)c2cccc(F)c2)c1. The standard InChI is InChI=1S/C18H22FN/c1-12-8-13(2)10-17(9-12)15(4)20-14(3)16-6-5-7-18(19)11-16/h5-11,14-15,20H,1-4H3/t14-,15?/m0/s1. The lowest BCUT2D eigenvalue weighted by Gasteiger charge is -2.21. The van der Waals surface area contributed by atoms with Gasteiger partial charge in [-0.2, -0.15) is 0 Å². The summed E-state index contributed by atoms with van der Waals surface area (Å²) in [6, 6.07) is 13.7. The van der Waals surface area contributed by atoms with Gasteiger partial charge < -0.3 is 5.32 Å². The van der Waals surface area contributed by atoms with Crippen LogP contribution in [0.4, 0.5) is 4.39 Å². The third-order valence-electron chi connectivity index (χ3n) is 3.59. The monoisotopic (exact) mass is 271 g/mol. The normalized spacial score (nSPS) is 14.1. The van der Waals surface area contributed by atoms with Crippen molar-refractivity contribution in [3.63, 3.8) is 0 Å². The average Bonchev–Trinajstić information content (AvgIpc) is 2.37. The molecule has 0 radical (unpaired) electrons. The van der Waals surface area contributed by atoms with Gasteiger partial charge in [-0.15, -0.1) is 0 Å². The fraction of sp³-hybridized carbons (Fsp3) is 0.333. The zero-order valence-corrected chi connectivity index (χ0v) is 12.6. The van der Waals surface area contributed by atoms with Crippen LogP contribution in [0.3, 0.4) is 0 Å². The lowest BCUT2D eigenvalue weighted by Crippen LogP contribution is -2.22. The van der Waals surface area contributed by atoms with Crippen molar-refractivity contribution in [2.75, 3.05) is 0 Å². The van der Waals surface area contributed by atoms with Gasteiger partial charge in [-0.1, -0.05) is 41.5 Å². The van der Waals surface area contributed by atoms with Gasteiger partial charge in [0.1, 0.15) is 5.82 Å². The molecule has 1 nitrogen and oxygen atoms in total. The van der Waals surface area contributed by atoms with E-state index >= 15 is 0 Å². The first-order valence-corrected chi connectivity index (χ1v) is 7.05. The Morgan fingerprint density at radius 3 is 2.05 bits per heavy atom. The smallest absolute Gasteiger partial charge is 0.123 e. The molecule has 20 heavy (non-hydrogen) atoms. The van der Waals surface area contributed by atoms with Crippen molar-refractivity contribution in [2.45, 2.75) is 39.8 Å². The second kappa shape index (κ2) is 6.19. The van der Waals surface area contributed by atoms with Crippen LogP contribution in [0, 0.1) is 19.7 Å². The van der Waals surface area contributed by atoms with Gasteiger partial charge in [-0.3, -0.25) is 0 Å². The summed E-state index contributed by atoms with van der Waals surface area (Å²) in [5.74, 6) is -0.185. The molecule has 0 saturated heterocycles. The van der Waals surface area contributed by atoms with Crippen LogP contribution in [0.25, 0.3) is 0 Å². The van der Waals surface area contributed by atoms with E-state index in [4.69, 9.17) is 0 Å². The molecule has 0 amide bonds. The number of benzene rings is 2. The second-order valence-electron chi connectivity index (χ2n) is 5.59. The summed E-state index contributed by atoms with van der Waals surface area (Å²) in [7, 11) is 0. The van der Waals surface area contributed by atoms with Crippen molar-refractivity contribution >= 4 is 0 Å². The molecule has 0 bridgehead atoms. The van der Waals surface area contributed by atoms with Gasteiger partial charge in [0.05, 0.1) is 0 Å². The molecule has 2 aromatic carbocycles. The number of nitrogens with one attached hydrogen (secondary N) is 1. The van der Waals surface area contributed by atoms with Gasteiger partial charge >= 0.3 is 0 Å². The summed E-state index contributed by atoms with van der Waals surface area (Å²) in [5.41, 5.74) is 4.78. The Labute approximate surface area is 120 Å². The summed E-state index contributed by atoms with van der Waals surface area (Å²) >= 11 is 0. The maximum absolute atomic E-state index is 13.3. The first-order chi connectivity index (χ1) is 9.45. The molecule has 0 aromatic heterocycles. The summed E-state index contributed by atoms with van der Waals surface area (Å²) < 4.78 is 13.3. The minimum Gasteiger partial charge on any atom is -0.304 e. The number of hydrogen-bond acceptors (Lipinski definition) is 1. The lowest BCUT2D eigenvalue weighted by atomic mass is 10.0. The molecule has 2 rings (SSSR count). The molecule has 1 unspecified atom stereocenters. The van der Waals surface area contributed by atoms with Crippen LogP contribution >= 0.6 is 0 Å². The van der Waals surface area contributed by atoms with Crippen LogP contribution in [-0.2, 0) is 0 Å². The zero-order chi connectivity index (χ0) is 14.7. The predicted octanol–water partition coefficient (Wildman–Crippen LogP) is 4.85. The molecule has 0 aliphatic rings. The van der Waals surface area contributed by atoms with E-state index in [2.05, 4.69) is 51.2 Å². The van der Waals surface area contributed by atoms with Crippen LogP contribution in [0.15, 0.2) is 42.5 Å². The summed E-state index contributed by atoms with van der Waals surface area (Å²) in [6.07, 6.45) is 0. The van der Waals surface area contributed by atoms with E-state index in [1.807, 2.05) is 6.07 Å². The average molecular weight is 271 g/mol. The first-order valence-electron chi connectivity index (χ1n) is 7.05. The molecule has 2 aromatic rings. The molecule has 0 saturated carbocycles. The fourth-order valence-corrected chi connectivity index (χ4v) is 2.60. The highest BCUT2D eigenvalue weighted by Gasteiger charge is 2.12. The molecule has 1 N–H and O–H groups in total. The highest BCUT2D eigenvalue weighted by Crippen LogP contribution is 2.21. The van der Waals surface area contributed by atoms with Gasteiger partial charge in [-0.25, -0.2) is 4.39 Å². The zero-order valence-electron chi connectivity index (χ0n) is 12.6. The number of hydrogen-bond donors (Lipinski definition) is 1. The highest BCUT2D eigenvalue weighted by molar-refractivity contribution is 5.31. The lowest BCUT2D eigenvalue weighted by molar-refractivity contribution is 0.491. The largest absolute Gasteiger partial charge is 0.304 e. The highest BCUT2D eigenvalue weighted by atomic mass is 19.1. The van der Waals surface area contributed by atoms with E-state index in [0.29, 0.717) is 0 Å². The molecule has 2 atom stereocenters. The number of rotatable bonds is 4. The van der Waals surface area contributed by atoms with Gasteiger partial charge in [0, 0.05) is 12.1 Å². The van der Waals surface area contributed by atoms with Crippen LogP contribution in [0.5, 0.6) is 0 Å². The molecule has 0 heterocycles. The summed E-state index contributed by atoms with van der Waals surface area (Å²) in [4.78, 5) is 0. The van der Waals surface area contributed by atoms with Crippen LogP contribution in [0.1, 0.15) is 48.2 Å². The summed E-state index contributed by atoms with van der Waals surface area (Å²) in [6.45, 7) is 8.43. The fourth-order valence-electron chi connectivity index (χ4n) is 2.60. The Morgan fingerprint density at radius 1 is 0.850 bits per heavy atom. The Morgan fingerprint density at radius 2 is 1.45 bits per heavy atom. The molecule has 2 heteroatoms. The van der Waals surface area contributed by atoms with Gasteiger partial charge in [0.25, 0.3) is 0 Å². The molecular formula is C18H22FN. The van der Waals surface area contributed by atoms with Crippen molar-refractivity contribution in [2.24, 2.45) is 0 Å². The van der Waals surface area contributed by atoms with Crippen molar-refractivity contribution in [3.8, 4) is 0 Å². The third kappa shape index (κ3) is 3.67. The maximum Gasteiger partial charge on any atom is 0.123 e. The Balaban J connectivity index is 2.12. The van der Waals surface area contributed by atoms with E-state index < -0.39 is 0 Å². The van der Waals surface area contributed by atoms with Crippen molar-refractivity contribution in [1.82, 2.24) is 5.32 Å². The quantitative estimate of drug-likeness (QED) is 0.837. The summed E-state index contributed by atoms with van der Waals surface area (Å²) in [5, 5.41) is 3.53. The van der Waals surface area contributed by atoms with Gasteiger partial charge in [-0.05, 0) is 51.0 Å². The van der Waals surface area contributed by atoms with Crippen molar-refractivity contribution < 1.29 is 4.39 Å². The van der Waals surface area contributed by atoms with Crippen molar-refractivity contribution in [3.05, 3.63) is 70.5 Å². The third-order valence-corrected chi connectivity index (χ3v) is 3.59. The van der Waals surface area contributed by atoms with E-state index in [1.165, 1.54) is 22.8 Å². The Bertz CT molecular complexity index is 571. The van der Waals surface area contributed by atoms with Gasteiger partial charge in [0.2, 0.25) is 0 Å². The van der Waals surface area contributed by atoms with Crippen LogP contribution < -0.4 is 5.32 Å². The van der Waals surface area contributed by atoms with E-state index in [-0.39, 0.29) is 17.9 Å². The second-order valence-corrected chi connectivity index (χ2v) is 5.59. The van der Waals surface area contributed by atoms with E-state index in [0.717, 1.165) is 5.56 Å². The molecule has 0 aliphatic heterocycles. The van der Waals surface area contributed by atoms with E-state index in [9.17, 15) is 4.39 Å². The van der Waals surface area contributed by atoms with Gasteiger partial charge in [0.15, 0.2) is 0 Å². The Kier molecular flexibility index (Phi) is 4.56. The number of aryl methyl sites for hydroxylation is 2. The van der Waals surface area contributed by atoms with E-state index in [1.54, 1.807) is 12.1 Å². The minimum atomic E-state index is -0.185. The number of halogens is 1. The topological polar surface area (TPSA) is 12.0 Å². The first kappa shape index (κ1) is 14.7. The molecule has 0 spiro atoms. The molecule has 0 aliphatic carbocycles. The molecule has 106 valence electrons. The van der Waals surface area contributed by atoms with Crippen LogP contribution in [-0.4, -0.2) is 0 Å². The van der Waals surface area contributed by atoms with Crippen molar-refractivity contribution in [1.29, 1.82) is 0 Å². The van der Waals surface area contributed by atoms with Crippen LogP contribution in [0.2, 0.25) is 0 Å². The maximum atomic E-state index is 13.3. The Hall–Kier alpha value is -1.67. The molecule has 0 fully saturated rings. The molecular weight excluding hydrogens is 249 g/mol. The predicted molar refractivity (Wildman–Crippen MR) is 82.3 cm³/mol. The minimum absolute atomic E-state index is 0.113.